The highest BCUT2D eigenvalue weighted by molar-refractivity contribution is 5.22. The zero-order valence-electron chi connectivity index (χ0n) is 10.8. The van der Waals surface area contributed by atoms with Crippen LogP contribution in [0.5, 0.6) is 0 Å². The predicted molar refractivity (Wildman–Crippen MR) is 68.4 cm³/mol. The molecule has 1 aliphatic rings. The molecule has 0 aromatic heterocycles. The lowest BCUT2D eigenvalue weighted by atomic mass is 10.0. The molecule has 1 saturated heterocycles. The average molecular weight is 254 g/mol. The lowest BCUT2D eigenvalue weighted by molar-refractivity contribution is 0.201. The second-order valence-corrected chi connectivity index (χ2v) is 4.73. The number of nitrogens with one attached hydrogen (secondary N) is 1. The Balaban J connectivity index is 2.20. The van der Waals surface area contributed by atoms with Crippen LogP contribution in [0.4, 0.5) is 8.78 Å². The topological polar surface area (TPSA) is 15.3 Å². The van der Waals surface area contributed by atoms with Crippen LogP contribution in [0, 0.1) is 11.6 Å². The molecule has 1 aliphatic heterocycles. The van der Waals surface area contributed by atoms with Gasteiger partial charge < -0.3 is 5.32 Å². The minimum absolute atomic E-state index is 0.0468. The van der Waals surface area contributed by atoms with E-state index >= 15 is 0 Å². The number of halogens is 2. The summed E-state index contributed by atoms with van der Waals surface area (Å²) >= 11 is 0. The van der Waals surface area contributed by atoms with Crippen molar-refractivity contribution >= 4 is 0 Å². The molecule has 1 fully saturated rings. The van der Waals surface area contributed by atoms with Crippen molar-refractivity contribution in [3.63, 3.8) is 0 Å². The van der Waals surface area contributed by atoms with Gasteiger partial charge in [0.05, 0.1) is 0 Å². The summed E-state index contributed by atoms with van der Waals surface area (Å²) in [6, 6.07) is 3.95. The molecule has 0 amide bonds. The Labute approximate surface area is 107 Å². The Morgan fingerprint density at radius 1 is 1.28 bits per heavy atom. The standard InChI is InChI=1S/C14H20F2N2/c1-2-14(18-8-3-6-17-7-9-18)12-5-4-11(15)10-13(12)16/h4-5,10,14,17H,2-3,6-9H2,1H3. The number of hydrogen-bond acceptors (Lipinski definition) is 2. The van der Waals surface area contributed by atoms with E-state index in [1.54, 1.807) is 6.07 Å². The molecule has 1 N–H and O–H groups in total. The lowest BCUT2D eigenvalue weighted by Crippen LogP contribution is -2.32. The fraction of sp³-hybridized carbons (Fsp3) is 0.571. The summed E-state index contributed by atoms with van der Waals surface area (Å²) in [5, 5.41) is 3.34. The Hall–Kier alpha value is -1.00. The first-order chi connectivity index (χ1) is 8.72. The number of benzene rings is 1. The summed E-state index contributed by atoms with van der Waals surface area (Å²) < 4.78 is 26.8. The summed E-state index contributed by atoms with van der Waals surface area (Å²) in [6.45, 7) is 5.86. The molecule has 1 atom stereocenters. The molecule has 0 spiro atoms. The normalized spacial score (nSPS) is 19.5. The van der Waals surface area contributed by atoms with Gasteiger partial charge in [0.1, 0.15) is 11.6 Å². The van der Waals surface area contributed by atoms with Gasteiger partial charge in [-0.2, -0.15) is 0 Å². The Bertz CT molecular complexity index is 387. The molecule has 100 valence electrons. The van der Waals surface area contributed by atoms with E-state index in [4.69, 9.17) is 0 Å². The fourth-order valence-corrected chi connectivity index (χ4v) is 2.62. The first-order valence-corrected chi connectivity index (χ1v) is 6.62. The fourth-order valence-electron chi connectivity index (χ4n) is 2.62. The lowest BCUT2D eigenvalue weighted by Gasteiger charge is -2.30. The number of hydrogen-bond donors (Lipinski definition) is 1. The van der Waals surface area contributed by atoms with Crippen molar-refractivity contribution in [1.29, 1.82) is 0 Å². The molecule has 0 bridgehead atoms. The van der Waals surface area contributed by atoms with Crippen LogP contribution in [-0.2, 0) is 0 Å². The Kier molecular flexibility index (Phi) is 4.66. The summed E-state index contributed by atoms with van der Waals surface area (Å²) in [5.74, 6) is -0.942. The Morgan fingerprint density at radius 3 is 2.83 bits per heavy atom. The van der Waals surface area contributed by atoms with Gasteiger partial charge in [-0.15, -0.1) is 0 Å². The number of rotatable bonds is 3. The predicted octanol–water partition coefficient (Wildman–Crippen LogP) is 2.71. The van der Waals surface area contributed by atoms with E-state index in [1.165, 1.54) is 6.07 Å². The van der Waals surface area contributed by atoms with Crippen molar-refractivity contribution in [2.45, 2.75) is 25.8 Å². The number of nitrogens with zero attached hydrogens (tertiary/aromatic N) is 1. The molecule has 1 heterocycles. The third-order valence-corrected chi connectivity index (χ3v) is 3.52. The maximum atomic E-state index is 13.9. The smallest absolute Gasteiger partial charge is 0.130 e. The quantitative estimate of drug-likeness (QED) is 0.892. The zero-order valence-corrected chi connectivity index (χ0v) is 10.8. The van der Waals surface area contributed by atoms with Crippen LogP contribution in [0.2, 0.25) is 0 Å². The van der Waals surface area contributed by atoms with Crippen LogP contribution in [0.3, 0.4) is 0 Å². The first kappa shape index (κ1) is 13.4. The monoisotopic (exact) mass is 254 g/mol. The van der Waals surface area contributed by atoms with Crippen molar-refractivity contribution in [2.75, 3.05) is 26.2 Å². The summed E-state index contributed by atoms with van der Waals surface area (Å²) in [4.78, 5) is 2.29. The van der Waals surface area contributed by atoms with Crippen molar-refractivity contribution in [1.82, 2.24) is 10.2 Å². The second-order valence-electron chi connectivity index (χ2n) is 4.73. The zero-order chi connectivity index (χ0) is 13.0. The van der Waals surface area contributed by atoms with E-state index in [1.807, 2.05) is 6.92 Å². The van der Waals surface area contributed by atoms with Gasteiger partial charge >= 0.3 is 0 Å². The SMILES string of the molecule is CCC(c1ccc(F)cc1F)N1CCCNCC1. The van der Waals surface area contributed by atoms with Gasteiger partial charge in [0.15, 0.2) is 0 Å². The van der Waals surface area contributed by atoms with E-state index in [2.05, 4.69) is 10.2 Å². The molecule has 1 aromatic rings. The van der Waals surface area contributed by atoms with E-state index in [9.17, 15) is 8.78 Å². The van der Waals surface area contributed by atoms with E-state index in [0.29, 0.717) is 5.56 Å². The third kappa shape index (κ3) is 3.06. The molecule has 0 radical (unpaired) electrons. The van der Waals surface area contributed by atoms with E-state index in [0.717, 1.165) is 45.1 Å². The van der Waals surface area contributed by atoms with Gasteiger partial charge in [0.25, 0.3) is 0 Å². The maximum Gasteiger partial charge on any atom is 0.130 e. The highest BCUT2D eigenvalue weighted by atomic mass is 19.1. The van der Waals surface area contributed by atoms with E-state index < -0.39 is 11.6 Å². The molecule has 2 nitrogen and oxygen atoms in total. The van der Waals surface area contributed by atoms with Gasteiger partial charge in [-0.25, -0.2) is 8.78 Å². The molecule has 18 heavy (non-hydrogen) atoms. The maximum absolute atomic E-state index is 13.9. The second kappa shape index (κ2) is 6.25. The molecular formula is C14H20F2N2. The summed E-state index contributed by atoms with van der Waals surface area (Å²) in [6.07, 6.45) is 1.90. The van der Waals surface area contributed by atoms with Crippen LogP contribution in [0.1, 0.15) is 31.4 Å². The summed E-state index contributed by atoms with van der Waals surface area (Å²) in [7, 11) is 0. The molecular weight excluding hydrogens is 234 g/mol. The molecule has 0 aliphatic carbocycles. The Morgan fingerprint density at radius 2 is 2.11 bits per heavy atom. The van der Waals surface area contributed by atoms with Gasteiger partial charge in [0, 0.05) is 37.3 Å². The van der Waals surface area contributed by atoms with Gasteiger partial charge in [-0.05, 0) is 25.5 Å². The molecule has 1 unspecified atom stereocenters. The third-order valence-electron chi connectivity index (χ3n) is 3.52. The van der Waals surface area contributed by atoms with Crippen LogP contribution in [-0.4, -0.2) is 31.1 Å². The highest BCUT2D eigenvalue weighted by Crippen LogP contribution is 2.27. The minimum Gasteiger partial charge on any atom is -0.315 e. The van der Waals surface area contributed by atoms with Crippen molar-refractivity contribution in [3.8, 4) is 0 Å². The first-order valence-electron chi connectivity index (χ1n) is 6.62. The van der Waals surface area contributed by atoms with Crippen LogP contribution in [0.25, 0.3) is 0 Å². The van der Waals surface area contributed by atoms with Gasteiger partial charge in [0.2, 0.25) is 0 Å². The summed E-state index contributed by atoms with van der Waals surface area (Å²) in [5.41, 5.74) is 0.612. The molecule has 2 rings (SSSR count). The largest absolute Gasteiger partial charge is 0.315 e. The highest BCUT2D eigenvalue weighted by Gasteiger charge is 2.22. The average Bonchev–Trinajstić information content (AvgIpc) is 2.62. The molecule has 4 heteroatoms. The van der Waals surface area contributed by atoms with E-state index in [-0.39, 0.29) is 6.04 Å². The van der Waals surface area contributed by atoms with Crippen molar-refractivity contribution in [2.24, 2.45) is 0 Å². The molecule has 0 saturated carbocycles. The molecule has 1 aromatic carbocycles. The van der Waals surface area contributed by atoms with Gasteiger partial charge in [-0.1, -0.05) is 13.0 Å². The van der Waals surface area contributed by atoms with Gasteiger partial charge in [-0.3, -0.25) is 4.90 Å². The minimum atomic E-state index is -0.511. The van der Waals surface area contributed by atoms with Crippen molar-refractivity contribution < 1.29 is 8.78 Å². The van der Waals surface area contributed by atoms with Crippen LogP contribution >= 0.6 is 0 Å². The van der Waals surface area contributed by atoms with Crippen LogP contribution in [0.15, 0.2) is 18.2 Å². The van der Waals surface area contributed by atoms with Crippen molar-refractivity contribution in [3.05, 3.63) is 35.4 Å². The van der Waals surface area contributed by atoms with Crippen LogP contribution < -0.4 is 5.32 Å².